The Kier molecular flexibility index (Phi) is 4.29. The van der Waals surface area contributed by atoms with Gasteiger partial charge in [0, 0.05) is 38.6 Å². The number of aromatic nitrogens is 2. The van der Waals surface area contributed by atoms with E-state index in [2.05, 4.69) is 10.3 Å². The minimum absolute atomic E-state index is 0.0289. The molecule has 0 bridgehead atoms. The van der Waals surface area contributed by atoms with Crippen LogP contribution in [0.4, 0.5) is 0 Å². The van der Waals surface area contributed by atoms with Crippen LogP contribution in [0.2, 0.25) is 0 Å². The van der Waals surface area contributed by atoms with Crippen LogP contribution in [0.3, 0.4) is 0 Å². The van der Waals surface area contributed by atoms with Gasteiger partial charge in [0.2, 0.25) is 5.91 Å². The molecule has 1 fully saturated rings. The second kappa shape index (κ2) is 6.37. The second-order valence-corrected chi connectivity index (χ2v) is 5.82. The minimum atomic E-state index is -0.477. The molecule has 122 valence electrons. The Morgan fingerprint density at radius 2 is 2.09 bits per heavy atom. The van der Waals surface area contributed by atoms with E-state index in [1.165, 1.54) is 4.57 Å². The Morgan fingerprint density at radius 3 is 2.87 bits per heavy atom. The van der Waals surface area contributed by atoms with Crippen molar-refractivity contribution in [2.24, 2.45) is 0 Å². The summed E-state index contributed by atoms with van der Waals surface area (Å²) in [5, 5.41) is 3.70. The van der Waals surface area contributed by atoms with Crippen molar-refractivity contribution in [1.82, 2.24) is 19.8 Å². The van der Waals surface area contributed by atoms with Gasteiger partial charge < -0.3 is 10.2 Å². The first kappa shape index (κ1) is 15.5. The van der Waals surface area contributed by atoms with Gasteiger partial charge >= 0.3 is 5.69 Å². The van der Waals surface area contributed by atoms with Gasteiger partial charge in [0.15, 0.2) is 0 Å². The quantitative estimate of drug-likeness (QED) is 0.828. The molecule has 7 nitrogen and oxygen atoms in total. The first-order valence-corrected chi connectivity index (χ1v) is 7.80. The van der Waals surface area contributed by atoms with E-state index >= 15 is 0 Å². The molecule has 0 radical (unpaired) electrons. The van der Waals surface area contributed by atoms with E-state index in [0.29, 0.717) is 17.4 Å². The lowest BCUT2D eigenvalue weighted by molar-refractivity contribution is -0.134. The summed E-state index contributed by atoms with van der Waals surface area (Å²) in [7, 11) is 0. The average molecular weight is 316 g/mol. The molecule has 7 heteroatoms. The van der Waals surface area contributed by atoms with Crippen LogP contribution in [0.5, 0.6) is 0 Å². The lowest BCUT2D eigenvalue weighted by atomic mass is 10.2. The Morgan fingerprint density at radius 1 is 1.30 bits per heavy atom. The van der Waals surface area contributed by atoms with E-state index in [1.807, 2.05) is 11.8 Å². The zero-order valence-electron chi connectivity index (χ0n) is 13.0. The number of piperazine rings is 1. The van der Waals surface area contributed by atoms with Crippen molar-refractivity contribution >= 4 is 16.8 Å². The van der Waals surface area contributed by atoms with E-state index in [9.17, 15) is 14.4 Å². The van der Waals surface area contributed by atoms with Gasteiger partial charge in [-0.2, -0.15) is 0 Å². The van der Waals surface area contributed by atoms with Crippen LogP contribution >= 0.6 is 0 Å². The fourth-order valence-electron chi connectivity index (χ4n) is 3.03. The zero-order chi connectivity index (χ0) is 16.4. The first-order valence-electron chi connectivity index (χ1n) is 7.80. The van der Waals surface area contributed by atoms with Gasteiger partial charge in [-0.15, -0.1) is 0 Å². The van der Waals surface area contributed by atoms with Crippen LogP contribution in [0.15, 0.2) is 33.9 Å². The maximum atomic E-state index is 12.4. The Bertz CT molecular complexity index is 839. The number of carbonyl (C=O) groups excluding carboxylic acids is 1. The van der Waals surface area contributed by atoms with Crippen molar-refractivity contribution < 1.29 is 4.79 Å². The average Bonchev–Trinajstić information content (AvgIpc) is 2.55. The number of amides is 1. The topological polar surface area (TPSA) is 87.2 Å². The van der Waals surface area contributed by atoms with Crippen molar-refractivity contribution in [2.45, 2.75) is 25.9 Å². The molecule has 0 unspecified atom stereocenters. The largest absolute Gasteiger partial charge is 0.337 e. The van der Waals surface area contributed by atoms with E-state index in [1.54, 1.807) is 24.3 Å². The number of aromatic amines is 1. The highest BCUT2D eigenvalue weighted by molar-refractivity contribution is 5.79. The minimum Gasteiger partial charge on any atom is -0.337 e. The maximum absolute atomic E-state index is 12.4. The molecule has 1 amide bonds. The second-order valence-electron chi connectivity index (χ2n) is 5.82. The number of carbonyl (C=O) groups is 1. The van der Waals surface area contributed by atoms with Gasteiger partial charge in [-0.1, -0.05) is 12.1 Å². The van der Waals surface area contributed by atoms with Gasteiger partial charge in [-0.05, 0) is 19.1 Å². The predicted octanol–water partition coefficient (Wildman–Crippen LogP) is -0.0998. The number of hydrogen-bond donors (Lipinski definition) is 2. The smallest absolute Gasteiger partial charge is 0.328 e. The van der Waals surface area contributed by atoms with Gasteiger partial charge in [-0.25, -0.2) is 4.79 Å². The number of hydrogen-bond acceptors (Lipinski definition) is 4. The fourth-order valence-corrected chi connectivity index (χ4v) is 3.03. The summed E-state index contributed by atoms with van der Waals surface area (Å²) >= 11 is 0. The van der Waals surface area contributed by atoms with Crippen LogP contribution < -0.4 is 16.6 Å². The molecule has 0 spiro atoms. The molecule has 1 saturated heterocycles. The SMILES string of the molecule is C[C@@H]1CNCCN1C(=O)CCn1c(=O)[nH]c(=O)c2ccccc21. The summed E-state index contributed by atoms with van der Waals surface area (Å²) in [4.78, 5) is 40.5. The monoisotopic (exact) mass is 316 g/mol. The fraction of sp³-hybridized carbons (Fsp3) is 0.438. The number of fused-ring (bicyclic) bond motifs is 1. The number of H-pyrrole nitrogens is 1. The molecule has 3 rings (SSSR count). The van der Waals surface area contributed by atoms with E-state index in [-0.39, 0.29) is 24.9 Å². The number of para-hydroxylation sites is 1. The summed E-state index contributed by atoms with van der Waals surface area (Å²) < 4.78 is 1.46. The highest BCUT2D eigenvalue weighted by atomic mass is 16.2. The van der Waals surface area contributed by atoms with E-state index in [0.717, 1.165) is 13.1 Å². The van der Waals surface area contributed by atoms with Gasteiger partial charge in [0.05, 0.1) is 10.9 Å². The van der Waals surface area contributed by atoms with Crippen LogP contribution in [-0.2, 0) is 11.3 Å². The molecule has 2 N–H and O–H groups in total. The van der Waals surface area contributed by atoms with Crippen molar-refractivity contribution in [2.75, 3.05) is 19.6 Å². The molecule has 1 aromatic carbocycles. The third-order valence-corrected chi connectivity index (χ3v) is 4.28. The standard InChI is InChI=1S/C16H20N4O3/c1-11-10-17-7-9-19(11)14(21)6-8-20-13-5-3-2-4-12(13)15(22)18-16(20)23/h2-5,11,17H,6-10H2,1H3,(H,18,22,23)/t11-/m1/s1. The van der Waals surface area contributed by atoms with Gasteiger partial charge in [0.25, 0.3) is 5.56 Å². The lowest BCUT2D eigenvalue weighted by Crippen LogP contribution is -2.52. The molecular weight excluding hydrogens is 296 g/mol. The number of benzene rings is 1. The highest BCUT2D eigenvalue weighted by Crippen LogP contribution is 2.09. The molecule has 1 aliphatic heterocycles. The van der Waals surface area contributed by atoms with Crippen LogP contribution in [-0.4, -0.2) is 46.0 Å². The summed E-state index contributed by atoms with van der Waals surface area (Å²) in [5.41, 5.74) is -0.318. The molecule has 0 aliphatic carbocycles. The molecule has 1 aromatic heterocycles. The number of nitrogens with one attached hydrogen (secondary N) is 2. The lowest BCUT2D eigenvalue weighted by Gasteiger charge is -2.34. The summed E-state index contributed by atoms with van der Waals surface area (Å²) in [6.07, 6.45) is 0.236. The highest BCUT2D eigenvalue weighted by Gasteiger charge is 2.22. The number of nitrogens with zero attached hydrogens (tertiary/aromatic N) is 2. The molecule has 0 saturated carbocycles. The van der Waals surface area contributed by atoms with Crippen molar-refractivity contribution in [1.29, 1.82) is 0 Å². The third kappa shape index (κ3) is 3.05. The van der Waals surface area contributed by atoms with Crippen LogP contribution in [0, 0.1) is 0 Å². The summed E-state index contributed by atoms with van der Waals surface area (Å²) in [6, 6.07) is 7.08. The molecule has 1 aliphatic rings. The van der Waals surface area contributed by atoms with Crippen molar-refractivity contribution in [3.63, 3.8) is 0 Å². The normalized spacial score (nSPS) is 18.3. The zero-order valence-corrected chi connectivity index (χ0v) is 13.0. The summed E-state index contributed by atoms with van der Waals surface area (Å²) in [6.45, 7) is 4.52. The molecule has 2 heterocycles. The number of aryl methyl sites for hydroxylation is 1. The predicted molar refractivity (Wildman–Crippen MR) is 87.5 cm³/mol. The Balaban J connectivity index is 1.83. The third-order valence-electron chi connectivity index (χ3n) is 4.28. The van der Waals surface area contributed by atoms with Crippen molar-refractivity contribution in [3.8, 4) is 0 Å². The van der Waals surface area contributed by atoms with E-state index < -0.39 is 11.2 Å². The van der Waals surface area contributed by atoms with Gasteiger partial charge in [-0.3, -0.25) is 19.1 Å². The Labute approximate surface area is 132 Å². The first-order chi connectivity index (χ1) is 11.1. The number of rotatable bonds is 3. The molecule has 2 aromatic rings. The summed E-state index contributed by atoms with van der Waals surface area (Å²) in [5.74, 6) is 0.0289. The van der Waals surface area contributed by atoms with Crippen molar-refractivity contribution in [3.05, 3.63) is 45.1 Å². The molecular formula is C16H20N4O3. The Hall–Kier alpha value is -2.41. The van der Waals surface area contributed by atoms with E-state index in [4.69, 9.17) is 0 Å². The molecule has 1 atom stereocenters. The van der Waals surface area contributed by atoms with Crippen LogP contribution in [0.25, 0.3) is 10.9 Å². The van der Waals surface area contributed by atoms with Crippen LogP contribution in [0.1, 0.15) is 13.3 Å². The molecule has 23 heavy (non-hydrogen) atoms. The van der Waals surface area contributed by atoms with Gasteiger partial charge in [0.1, 0.15) is 0 Å². The maximum Gasteiger partial charge on any atom is 0.328 e.